The summed E-state index contributed by atoms with van der Waals surface area (Å²) in [5.41, 5.74) is 0.328. The van der Waals surface area contributed by atoms with Crippen molar-refractivity contribution in [3.8, 4) is 6.07 Å². The molecule has 1 atom stereocenters. The lowest BCUT2D eigenvalue weighted by molar-refractivity contribution is 0.891. The van der Waals surface area contributed by atoms with Crippen molar-refractivity contribution in [2.24, 2.45) is 0 Å². The standard InChI is InChI=1S/C11H10N4S/c1-8(10-3-2-4-16-10)15-11-7-13-9(5-12)6-14-11/h2-4,6-8H,1H3,(H,14,15). The van der Waals surface area contributed by atoms with Gasteiger partial charge < -0.3 is 5.32 Å². The summed E-state index contributed by atoms with van der Waals surface area (Å²) in [7, 11) is 0. The van der Waals surface area contributed by atoms with Crippen molar-refractivity contribution in [1.82, 2.24) is 9.97 Å². The molecular weight excluding hydrogens is 220 g/mol. The Balaban J connectivity index is 2.07. The fourth-order valence-corrected chi connectivity index (χ4v) is 2.03. The molecule has 2 heterocycles. The Morgan fingerprint density at radius 2 is 2.31 bits per heavy atom. The Hall–Kier alpha value is -1.93. The van der Waals surface area contributed by atoms with Crippen molar-refractivity contribution in [2.75, 3.05) is 5.32 Å². The van der Waals surface area contributed by atoms with E-state index in [9.17, 15) is 0 Å². The highest BCUT2D eigenvalue weighted by molar-refractivity contribution is 7.10. The van der Waals surface area contributed by atoms with E-state index < -0.39 is 0 Å². The molecule has 1 unspecified atom stereocenters. The molecule has 0 aliphatic rings. The second kappa shape index (κ2) is 4.73. The normalized spacial score (nSPS) is 11.8. The first kappa shape index (κ1) is 10.6. The topological polar surface area (TPSA) is 61.6 Å². The second-order valence-electron chi connectivity index (χ2n) is 3.28. The lowest BCUT2D eigenvalue weighted by atomic mass is 10.3. The van der Waals surface area contributed by atoms with Crippen LogP contribution in [0.5, 0.6) is 0 Å². The van der Waals surface area contributed by atoms with Gasteiger partial charge in [0.25, 0.3) is 0 Å². The molecule has 0 radical (unpaired) electrons. The maximum absolute atomic E-state index is 8.59. The van der Waals surface area contributed by atoms with Crippen LogP contribution in [0, 0.1) is 11.3 Å². The lowest BCUT2D eigenvalue weighted by Crippen LogP contribution is -2.06. The van der Waals surface area contributed by atoms with Gasteiger partial charge in [-0.1, -0.05) is 6.07 Å². The van der Waals surface area contributed by atoms with Crippen LogP contribution in [0.25, 0.3) is 0 Å². The molecule has 0 saturated heterocycles. The molecule has 16 heavy (non-hydrogen) atoms. The van der Waals surface area contributed by atoms with Crippen LogP contribution in [-0.2, 0) is 0 Å². The van der Waals surface area contributed by atoms with Crippen molar-refractivity contribution in [1.29, 1.82) is 5.26 Å². The molecule has 0 fully saturated rings. The van der Waals surface area contributed by atoms with Gasteiger partial charge >= 0.3 is 0 Å². The average molecular weight is 230 g/mol. The van der Waals surface area contributed by atoms with E-state index in [0.29, 0.717) is 11.5 Å². The molecule has 2 aromatic rings. The number of nitrogens with zero attached hydrogens (tertiary/aromatic N) is 3. The Morgan fingerprint density at radius 1 is 1.44 bits per heavy atom. The van der Waals surface area contributed by atoms with Crippen molar-refractivity contribution in [3.63, 3.8) is 0 Å². The smallest absolute Gasteiger partial charge is 0.158 e. The number of aromatic nitrogens is 2. The molecule has 0 bridgehead atoms. The van der Waals surface area contributed by atoms with Gasteiger partial charge in [0.15, 0.2) is 5.69 Å². The van der Waals surface area contributed by atoms with Gasteiger partial charge in [-0.15, -0.1) is 11.3 Å². The summed E-state index contributed by atoms with van der Waals surface area (Å²) < 4.78 is 0. The van der Waals surface area contributed by atoms with E-state index in [1.165, 1.54) is 11.1 Å². The van der Waals surface area contributed by atoms with E-state index in [1.54, 1.807) is 17.5 Å². The number of thiophene rings is 1. The van der Waals surface area contributed by atoms with E-state index in [-0.39, 0.29) is 6.04 Å². The Kier molecular flexibility index (Phi) is 3.13. The van der Waals surface area contributed by atoms with Crippen molar-refractivity contribution >= 4 is 17.2 Å². The molecule has 1 N–H and O–H groups in total. The molecule has 2 aromatic heterocycles. The van der Waals surface area contributed by atoms with Crippen LogP contribution in [0.15, 0.2) is 29.9 Å². The van der Waals surface area contributed by atoms with Gasteiger partial charge in [0.05, 0.1) is 18.4 Å². The first-order valence-corrected chi connectivity index (χ1v) is 5.69. The minimum atomic E-state index is 0.197. The van der Waals surface area contributed by atoms with Crippen molar-refractivity contribution in [2.45, 2.75) is 13.0 Å². The Labute approximate surface area is 97.6 Å². The Morgan fingerprint density at radius 3 is 2.88 bits per heavy atom. The van der Waals surface area contributed by atoms with Gasteiger partial charge in [0.2, 0.25) is 0 Å². The highest BCUT2D eigenvalue weighted by Gasteiger charge is 2.06. The quantitative estimate of drug-likeness (QED) is 0.880. The highest BCUT2D eigenvalue weighted by Crippen LogP contribution is 2.21. The Bertz CT molecular complexity index is 484. The van der Waals surface area contributed by atoms with Gasteiger partial charge in [-0.05, 0) is 18.4 Å². The number of hydrogen-bond donors (Lipinski definition) is 1. The molecule has 0 aromatic carbocycles. The number of nitrogens with one attached hydrogen (secondary N) is 1. The fourth-order valence-electron chi connectivity index (χ4n) is 1.29. The van der Waals surface area contributed by atoms with Crippen molar-refractivity contribution < 1.29 is 0 Å². The van der Waals surface area contributed by atoms with Gasteiger partial charge in [-0.25, -0.2) is 9.97 Å². The molecule has 0 aliphatic heterocycles. The van der Waals surface area contributed by atoms with Crippen LogP contribution < -0.4 is 5.32 Å². The maximum Gasteiger partial charge on any atom is 0.158 e. The van der Waals surface area contributed by atoms with Crippen LogP contribution in [0.1, 0.15) is 23.5 Å². The van der Waals surface area contributed by atoms with Crippen LogP contribution in [0.4, 0.5) is 5.82 Å². The number of rotatable bonds is 3. The molecule has 4 nitrogen and oxygen atoms in total. The molecule has 80 valence electrons. The molecule has 0 spiro atoms. The summed E-state index contributed by atoms with van der Waals surface area (Å²) in [4.78, 5) is 9.30. The predicted octanol–water partition coefficient (Wildman–Crippen LogP) is 2.58. The van der Waals surface area contributed by atoms with Gasteiger partial charge in [0, 0.05) is 4.88 Å². The van der Waals surface area contributed by atoms with E-state index >= 15 is 0 Å². The molecule has 2 rings (SSSR count). The summed E-state index contributed by atoms with van der Waals surface area (Å²) in [6.45, 7) is 2.06. The van der Waals surface area contributed by atoms with Gasteiger partial charge in [-0.3, -0.25) is 0 Å². The lowest BCUT2D eigenvalue weighted by Gasteiger charge is -2.11. The predicted molar refractivity (Wildman–Crippen MR) is 63.1 cm³/mol. The third kappa shape index (κ3) is 2.35. The molecule has 0 aliphatic carbocycles. The van der Waals surface area contributed by atoms with E-state index in [1.807, 2.05) is 17.5 Å². The van der Waals surface area contributed by atoms with Crippen LogP contribution >= 0.6 is 11.3 Å². The summed E-state index contributed by atoms with van der Waals surface area (Å²) in [6, 6.07) is 6.22. The minimum Gasteiger partial charge on any atom is -0.361 e. The third-order valence-electron chi connectivity index (χ3n) is 2.10. The highest BCUT2D eigenvalue weighted by atomic mass is 32.1. The number of nitriles is 1. The SMILES string of the molecule is CC(Nc1cnc(C#N)cn1)c1cccs1. The van der Waals surface area contributed by atoms with Gasteiger partial charge in [0.1, 0.15) is 11.9 Å². The zero-order chi connectivity index (χ0) is 11.4. The van der Waals surface area contributed by atoms with E-state index in [2.05, 4.69) is 28.3 Å². The summed E-state index contributed by atoms with van der Waals surface area (Å²) in [6.07, 6.45) is 3.03. The van der Waals surface area contributed by atoms with Gasteiger partial charge in [-0.2, -0.15) is 5.26 Å². The second-order valence-corrected chi connectivity index (χ2v) is 4.26. The number of hydrogen-bond acceptors (Lipinski definition) is 5. The van der Waals surface area contributed by atoms with E-state index in [4.69, 9.17) is 5.26 Å². The minimum absolute atomic E-state index is 0.197. The van der Waals surface area contributed by atoms with E-state index in [0.717, 1.165) is 0 Å². The molecular formula is C11H10N4S. The zero-order valence-corrected chi connectivity index (χ0v) is 9.53. The largest absolute Gasteiger partial charge is 0.361 e. The first-order valence-electron chi connectivity index (χ1n) is 4.81. The van der Waals surface area contributed by atoms with Crippen LogP contribution in [0.2, 0.25) is 0 Å². The van der Waals surface area contributed by atoms with Crippen LogP contribution in [-0.4, -0.2) is 9.97 Å². The number of anilines is 1. The van der Waals surface area contributed by atoms with Crippen molar-refractivity contribution in [3.05, 3.63) is 40.5 Å². The third-order valence-corrected chi connectivity index (χ3v) is 3.16. The van der Waals surface area contributed by atoms with Crippen LogP contribution in [0.3, 0.4) is 0 Å². The molecule has 5 heteroatoms. The summed E-state index contributed by atoms with van der Waals surface area (Å²) in [5.74, 6) is 0.680. The molecule has 0 saturated carbocycles. The average Bonchev–Trinajstić information content (AvgIpc) is 2.83. The maximum atomic E-state index is 8.59. The zero-order valence-electron chi connectivity index (χ0n) is 8.71. The monoisotopic (exact) mass is 230 g/mol. The summed E-state index contributed by atoms with van der Waals surface area (Å²) >= 11 is 1.69. The first-order chi connectivity index (χ1) is 7.79. The fraction of sp³-hybridized carbons (Fsp3) is 0.182. The summed E-state index contributed by atoms with van der Waals surface area (Å²) in [5, 5.41) is 13.9. The molecule has 0 amide bonds.